The van der Waals surface area contributed by atoms with E-state index in [-0.39, 0.29) is 29.3 Å². The van der Waals surface area contributed by atoms with Crippen molar-refractivity contribution in [2.45, 2.75) is 97.4 Å². The molecule has 4 aliphatic rings. The van der Waals surface area contributed by atoms with Gasteiger partial charge in [-0.2, -0.15) is 0 Å². The average molecular weight is 491 g/mol. The van der Waals surface area contributed by atoms with Crippen LogP contribution in [0, 0.1) is 28.6 Å². The van der Waals surface area contributed by atoms with E-state index in [0.717, 1.165) is 32.1 Å². The molecule has 0 aromatic rings. The molecule has 0 heterocycles. The third-order valence-corrected chi connectivity index (χ3v) is 9.73. The molecular weight excluding hydrogens is 452 g/mol. The maximum atomic E-state index is 13.3. The van der Waals surface area contributed by atoms with Crippen molar-refractivity contribution in [3.05, 3.63) is 11.6 Å². The number of aliphatic hydroxyl groups is 1. The molecular formula is C27H38O8. The Kier molecular flexibility index (Phi) is 6.66. The Labute approximate surface area is 206 Å². The summed E-state index contributed by atoms with van der Waals surface area (Å²) in [5.74, 6) is -1.45. The van der Waals surface area contributed by atoms with Gasteiger partial charge >= 0.3 is 17.9 Å². The number of carbonyl (C=O) groups is 4. The lowest BCUT2D eigenvalue weighted by Gasteiger charge is -2.58. The van der Waals surface area contributed by atoms with Gasteiger partial charge in [0.25, 0.3) is 0 Å². The van der Waals surface area contributed by atoms with Crippen molar-refractivity contribution in [1.82, 2.24) is 0 Å². The van der Waals surface area contributed by atoms with E-state index in [1.54, 1.807) is 0 Å². The van der Waals surface area contributed by atoms with Gasteiger partial charge in [-0.25, -0.2) is 0 Å². The number of carbonyl (C=O) groups excluding carboxylic acids is 4. The zero-order chi connectivity index (χ0) is 25.8. The molecule has 4 rings (SSSR count). The minimum atomic E-state index is -1.92. The first-order valence-electron chi connectivity index (χ1n) is 12.8. The number of ether oxygens (including phenoxy) is 3. The first-order valence-corrected chi connectivity index (χ1v) is 12.8. The van der Waals surface area contributed by atoms with Gasteiger partial charge in [0, 0.05) is 32.6 Å². The first kappa shape index (κ1) is 25.9. The highest BCUT2D eigenvalue weighted by molar-refractivity contribution is 5.92. The normalized spacial score (nSPS) is 42.0. The van der Waals surface area contributed by atoms with Crippen molar-refractivity contribution < 1.29 is 38.5 Å². The minimum absolute atomic E-state index is 0.0275. The Hall–Kier alpha value is -2.22. The van der Waals surface area contributed by atoms with Crippen LogP contribution in [0.1, 0.15) is 79.6 Å². The Balaban J connectivity index is 1.65. The number of hydrogen-bond donors (Lipinski definition) is 1. The van der Waals surface area contributed by atoms with E-state index in [9.17, 15) is 24.3 Å². The Morgan fingerprint density at radius 1 is 0.971 bits per heavy atom. The standard InChI is InChI=1S/C27H38O8/c1-15(28)33-14-23(31)27(32)24(35-17(3)30)13-22-20-7-6-18-12-19(34-16(2)29)8-10-25(18,4)21(20)9-11-26(22,27)5/h6,19-22,24,32H,7-14H2,1-5H3/t19-,20+,21-,22-,24+,25-,26-,27+/m0/s1. The summed E-state index contributed by atoms with van der Waals surface area (Å²) in [7, 11) is 0. The van der Waals surface area contributed by atoms with Crippen molar-refractivity contribution in [1.29, 1.82) is 0 Å². The van der Waals surface area contributed by atoms with E-state index in [1.165, 1.54) is 26.3 Å². The molecule has 3 fully saturated rings. The number of hydrogen-bond acceptors (Lipinski definition) is 8. The number of esters is 3. The molecule has 1 N–H and O–H groups in total. The summed E-state index contributed by atoms with van der Waals surface area (Å²) in [5.41, 5.74) is -1.40. The number of ketones is 1. The maximum absolute atomic E-state index is 13.3. The fraction of sp³-hybridized carbons (Fsp3) is 0.778. The van der Waals surface area contributed by atoms with Crippen molar-refractivity contribution in [2.24, 2.45) is 28.6 Å². The summed E-state index contributed by atoms with van der Waals surface area (Å²) >= 11 is 0. The lowest BCUT2D eigenvalue weighted by molar-refractivity contribution is -0.189. The molecule has 3 saturated carbocycles. The van der Waals surface area contributed by atoms with Crippen LogP contribution in [0.3, 0.4) is 0 Å². The van der Waals surface area contributed by atoms with Crippen molar-refractivity contribution in [2.75, 3.05) is 6.61 Å². The van der Waals surface area contributed by atoms with Gasteiger partial charge in [-0.1, -0.05) is 25.5 Å². The summed E-state index contributed by atoms with van der Waals surface area (Å²) in [6.07, 6.45) is 6.36. The molecule has 0 aromatic heterocycles. The zero-order valence-electron chi connectivity index (χ0n) is 21.4. The lowest BCUT2D eigenvalue weighted by Crippen LogP contribution is -2.61. The minimum Gasteiger partial charge on any atom is -0.462 e. The second-order valence-corrected chi connectivity index (χ2v) is 11.5. The molecule has 0 saturated heterocycles. The summed E-state index contributed by atoms with van der Waals surface area (Å²) < 4.78 is 16.0. The van der Waals surface area contributed by atoms with Crippen LogP contribution < -0.4 is 0 Å². The predicted molar refractivity (Wildman–Crippen MR) is 125 cm³/mol. The summed E-state index contributed by atoms with van der Waals surface area (Å²) in [4.78, 5) is 48.1. The quantitative estimate of drug-likeness (QED) is 0.355. The van der Waals surface area contributed by atoms with Crippen molar-refractivity contribution >= 4 is 23.7 Å². The van der Waals surface area contributed by atoms with Crippen molar-refractivity contribution in [3.8, 4) is 0 Å². The summed E-state index contributed by atoms with van der Waals surface area (Å²) in [5, 5.41) is 12.0. The molecule has 0 spiro atoms. The highest BCUT2D eigenvalue weighted by atomic mass is 16.6. The molecule has 0 aromatic carbocycles. The third kappa shape index (κ3) is 4.11. The SMILES string of the molecule is CC(=O)OCC(=O)[C@@]1(O)[C@H](OC(C)=O)C[C@H]2[C@@H]3CC=C4C[C@@H](OC(C)=O)CC[C@]4(C)[C@H]3CC[C@@]21C. The smallest absolute Gasteiger partial charge is 0.303 e. The topological polar surface area (TPSA) is 116 Å². The molecule has 8 heteroatoms. The van der Waals surface area contributed by atoms with Crippen LogP contribution in [-0.2, 0) is 33.4 Å². The maximum Gasteiger partial charge on any atom is 0.303 e. The van der Waals surface area contributed by atoms with Gasteiger partial charge in [0.05, 0.1) is 0 Å². The Bertz CT molecular complexity index is 955. The van der Waals surface area contributed by atoms with Crippen LogP contribution in [0.5, 0.6) is 0 Å². The zero-order valence-corrected chi connectivity index (χ0v) is 21.4. The highest BCUT2D eigenvalue weighted by Gasteiger charge is 2.71. The van der Waals surface area contributed by atoms with Crippen LogP contribution in [0.25, 0.3) is 0 Å². The van der Waals surface area contributed by atoms with Crippen LogP contribution in [0.4, 0.5) is 0 Å². The predicted octanol–water partition coefficient (Wildman–Crippen LogP) is 3.29. The van der Waals surface area contributed by atoms with E-state index in [1.807, 2.05) is 6.92 Å². The fourth-order valence-corrected chi connectivity index (χ4v) is 8.07. The molecule has 194 valence electrons. The largest absolute Gasteiger partial charge is 0.462 e. The Morgan fingerprint density at radius 2 is 1.66 bits per heavy atom. The number of allylic oxidation sites excluding steroid dienone is 1. The molecule has 8 nitrogen and oxygen atoms in total. The average Bonchev–Trinajstić information content (AvgIpc) is 2.99. The van der Waals surface area contributed by atoms with E-state index in [0.29, 0.717) is 18.8 Å². The lowest BCUT2D eigenvalue weighted by atomic mass is 9.46. The second kappa shape index (κ2) is 9.02. The first-order chi connectivity index (χ1) is 16.3. The number of Topliss-reactive ketones (excluding diaryl/α,β-unsaturated/α-hetero) is 1. The van der Waals surface area contributed by atoms with Gasteiger partial charge in [-0.3, -0.25) is 19.2 Å². The molecule has 8 atom stereocenters. The van der Waals surface area contributed by atoms with Crippen molar-refractivity contribution in [3.63, 3.8) is 0 Å². The van der Waals surface area contributed by atoms with Gasteiger partial charge in [0.15, 0.2) is 12.2 Å². The molecule has 0 amide bonds. The molecule has 0 unspecified atom stereocenters. The van der Waals surface area contributed by atoms with Gasteiger partial charge in [-0.15, -0.1) is 0 Å². The van der Waals surface area contributed by atoms with Crippen LogP contribution in [-0.4, -0.2) is 53.2 Å². The Morgan fingerprint density at radius 3 is 2.29 bits per heavy atom. The van der Waals surface area contributed by atoms with Gasteiger partial charge in [0.2, 0.25) is 5.78 Å². The molecule has 0 aliphatic heterocycles. The number of rotatable bonds is 5. The molecule has 0 bridgehead atoms. The summed E-state index contributed by atoms with van der Waals surface area (Å²) in [6.45, 7) is 7.64. The molecule has 0 radical (unpaired) electrons. The highest BCUT2D eigenvalue weighted by Crippen LogP contribution is 2.67. The van der Waals surface area contributed by atoms with Crippen LogP contribution in [0.2, 0.25) is 0 Å². The molecule has 35 heavy (non-hydrogen) atoms. The van der Waals surface area contributed by atoms with E-state index < -0.39 is 41.4 Å². The third-order valence-electron chi connectivity index (χ3n) is 9.73. The van der Waals surface area contributed by atoms with Crippen LogP contribution >= 0.6 is 0 Å². The number of fused-ring (bicyclic) bond motifs is 5. The monoisotopic (exact) mass is 490 g/mol. The molecule has 4 aliphatic carbocycles. The fourth-order valence-electron chi connectivity index (χ4n) is 8.07. The summed E-state index contributed by atoms with van der Waals surface area (Å²) in [6, 6.07) is 0. The van der Waals surface area contributed by atoms with Gasteiger partial charge in [0.1, 0.15) is 12.2 Å². The van der Waals surface area contributed by atoms with Crippen LogP contribution in [0.15, 0.2) is 11.6 Å². The van der Waals surface area contributed by atoms with E-state index in [2.05, 4.69) is 13.0 Å². The second-order valence-electron chi connectivity index (χ2n) is 11.5. The van der Waals surface area contributed by atoms with Gasteiger partial charge in [-0.05, 0) is 61.7 Å². The van der Waals surface area contributed by atoms with Gasteiger partial charge < -0.3 is 19.3 Å². The van der Waals surface area contributed by atoms with E-state index in [4.69, 9.17) is 14.2 Å². The van der Waals surface area contributed by atoms with E-state index >= 15 is 0 Å².